The lowest BCUT2D eigenvalue weighted by atomic mass is 10.1. The topological polar surface area (TPSA) is 143 Å². The first-order chi connectivity index (χ1) is 14.2. The van der Waals surface area contributed by atoms with E-state index in [1.807, 2.05) is 0 Å². The summed E-state index contributed by atoms with van der Waals surface area (Å²) < 4.78 is 40.1. The van der Waals surface area contributed by atoms with Crippen LogP contribution in [0.5, 0.6) is 0 Å². The van der Waals surface area contributed by atoms with Crippen LogP contribution >= 0.6 is 0 Å². The SMILES string of the molecule is C[C@H](NC(=O)CN1C(=O)Nc2cccc(C#N)c2S1(=O)=O)c1ccc(C#N)cc1F. The quantitative estimate of drug-likeness (QED) is 0.764. The molecule has 2 aromatic rings. The average Bonchev–Trinajstić information content (AvgIpc) is 2.70. The van der Waals surface area contributed by atoms with E-state index in [1.54, 1.807) is 12.1 Å². The minimum atomic E-state index is -4.46. The van der Waals surface area contributed by atoms with E-state index in [0.29, 0.717) is 4.31 Å². The first-order valence-corrected chi connectivity index (χ1v) is 9.98. The van der Waals surface area contributed by atoms with Crippen molar-refractivity contribution < 1.29 is 22.4 Å². The predicted molar refractivity (Wildman–Crippen MR) is 102 cm³/mol. The molecule has 1 aliphatic heterocycles. The van der Waals surface area contributed by atoms with E-state index < -0.39 is 45.3 Å². The fraction of sp³-hybridized carbons (Fsp3) is 0.158. The van der Waals surface area contributed by atoms with Gasteiger partial charge in [0.1, 0.15) is 23.3 Å². The minimum Gasteiger partial charge on any atom is -0.348 e. The van der Waals surface area contributed by atoms with Gasteiger partial charge in [-0.05, 0) is 31.2 Å². The number of carbonyl (C=O) groups excluding carboxylic acids is 2. The molecule has 3 amide bonds. The number of amides is 3. The van der Waals surface area contributed by atoms with Crippen LogP contribution in [0.3, 0.4) is 0 Å². The van der Waals surface area contributed by atoms with Gasteiger partial charge in [0.2, 0.25) is 5.91 Å². The van der Waals surface area contributed by atoms with Gasteiger partial charge >= 0.3 is 6.03 Å². The number of nitriles is 2. The second-order valence-electron chi connectivity index (χ2n) is 6.37. The molecule has 2 N–H and O–H groups in total. The van der Waals surface area contributed by atoms with E-state index in [9.17, 15) is 27.7 Å². The zero-order chi connectivity index (χ0) is 22.1. The highest BCUT2D eigenvalue weighted by molar-refractivity contribution is 7.90. The Morgan fingerprint density at radius 2 is 2.00 bits per heavy atom. The Balaban J connectivity index is 1.82. The second kappa shape index (κ2) is 7.81. The van der Waals surface area contributed by atoms with Crippen molar-refractivity contribution in [3.05, 3.63) is 58.9 Å². The van der Waals surface area contributed by atoms with Gasteiger partial charge in [-0.2, -0.15) is 10.5 Å². The molecule has 0 saturated carbocycles. The fourth-order valence-electron chi connectivity index (χ4n) is 3.00. The van der Waals surface area contributed by atoms with Crippen LogP contribution in [-0.4, -0.2) is 31.2 Å². The lowest BCUT2D eigenvalue weighted by Crippen LogP contribution is -2.49. The summed E-state index contributed by atoms with van der Waals surface area (Å²) in [6.45, 7) is 0.603. The number of urea groups is 1. The summed E-state index contributed by atoms with van der Waals surface area (Å²) >= 11 is 0. The van der Waals surface area contributed by atoms with E-state index in [2.05, 4.69) is 10.6 Å². The van der Waals surface area contributed by atoms with Crippen LogP contribution in [0.1, 0.15) is 29.7 Å². The van der Waals surface area contributed by atoms with E-state index in [0.717, 1.165) is 6.07 Å². The molecule has 0 aliphatic carbocycles. The van der Waals surface area contributed by atoms with Gasteiger partial charge in [0, 0.05) is 5.56 Å². The second-order valence-corrected chi connectivity index (χ2v) is 8.17. The number of fused-ring (bicyclic) bond motifs is 1. The summed E-state index contributed by atoms with van der Waals surface area (Å²) in [6, 6.07) is 9.39. The van der Waals surface area contributed by atoms with Crippen molar-refractivity contribution in [3.8, 4) is 12.1 Å². The van der Waals surface area contributed by atoms with Gasteiger partial charge in [-0.15, -0.1) is 0 Å². The summed E-state index contributed by atoms with van der Waals surface area (Å²) in [4.78, 5) is 24.3. The molecular weight excluding hydrogens is 413 g/mol. The fourth-order valence-corrected chi connectivity index (χ4v) is 4.56. The van der Waals surface area contributed by atoms with Crippen LogP contribution in [0.15, 0.2) is 41.3 Å². The molecule has 1 atom stereocenters. The molecule has 0 bridgehead atoms. The number of hydrogen-bond donors (Lipinski definition) is 2. The molecule has 0 radical (unpaired) electrons. The Morgan fingerprint density at radius 1 is 1.27 bits per heavy atom. The molecule has 2 aromatic carbocycles. The van der Waals surface area contributed by atoms with E-state index in [4.69, 9.17) is 5.26 Å². The minimum absolute atomic E-state index is 0.0521. The zero-order valence-electron chi connectivity index (χ0n) is 15.5. The van der Waals surface area contributed by atoms with Crippen molar-refractivity contribution >= 4 is 27.6 Å². The number of rotatable bonds is 4. The molecule has 30 heavy (non-hydrogen) atoms. The van der Waals surface area contributed by atoms with Crippen molar-refractivity contribution in [2.75, 3.05) is 11.9 Å². The normalized spacial score (nSPS) is 15.2. The Morgan fingerprint density at radius 3 is 2.63 bits per heavy atom. The van der Waals surface area contributed by atoms with Gasteiger partial charge in [-0.25, -0.2) is 21.9 Å². The summed E-state index contributed by atoms with van der Waals surface area (Å²) in [5, 5.41) is 22.7. The molecule has 1 heterocycles. The standard InChI is InChI=1S/C19H14FN5O4S/c1-11(14-6-5-12(8-21)7-15(14)20)23-17(26)10-25-19(27)24-16-4-2-3-13(9-22)18(16)30(25,28)29/h2-7,11H,10H2,1H3,(H,23,26)(H,24,27)/t11-/m0/s1. The number of benzene rings is 2. The molecule has 0 saturated heterocycles. The third-order valence-electron chi connectivity index (χ3n) is 4.41. The maximum Gasteiger partial charge on any atom is 0.336 e. The molecule has 1 aliphatic rings. The molecule has 9 nitrogen and oxygen atoms in total. The highest BCUT2D eigenvalue weighted by Crippen LogP contribution is 2.32. The Bertz CT molecular complexity index is 1250. The van der Waals surface area contributed by atoms with E-state index in [1.165, 1.54) is 37.3 Å². The van der Waals surface area contributed by atoms with Crippen LogP contribution in [0, 0.1) is 28.5 Å². The first-order valence-electron chi connectivity index (χ1n) is 8.54. The molecule has 0 spiro atoms. The number of anilines is 1. The number of hydrogen-bond acceptors (Lipinski definition) is 6. The van der Waals surface area contributed by atoms with Crippen LogP contribution in [0.4, 0.5) is 14.9 Å². The van der Waals surface area contributed by atoms with Gasteiger partial charge in [0.25, 0.3) is 10.0 Å². The van der Waals surface area contributed by atoms with Gasteiger partial charge in [0.05, 0.1) is 28.9 Å². The van der Waals surface area contributed by atoms with Crippen LogP contribution in [0.2, 0.25) is 0 Å². The van der Waals surface area contributed by atoms with Gasteiger partial charge in [-0.3, -0.25) is 4.79 Å². The Kier molecular flexibility index (Phi) is 5.41. The van der Waals surface area contributed by atoms with E-state index >= 15 is 0 Å². The summed E-state index contributed by atoms with van der Waals surface area (Å²) in [5.41, 5.74) is -0.0297. The molecule has 3 rings (SSSR count). The third kappa shape index (κ3) is 3.66. The number of nitrogens with zero attached hydrogens (tertiary/aromatic N) is 3. The van der Waals surface area contributed by atoms with Crippen molar-refractivity contribution in [1.82, 2.24) is 9.62 Å². The molecular formula is C19H14FN5O4S. The van der Waals surface area contributed by atoms with Crippen LogP contribution in [0.25, 0.3) is 0 Å². The first kappa shape index (κ1) is 20.8. The monoisotopic (exact) mass is 427 g/mol. The van der Waals surface area contributed by atoms with Crippen molar-refractivity contribution in [3.63, 3.8) is 0 Å². The van der Waals surface area contributed by atoms with Crippen LogP contribution in [-0.2, 0) is 14.8 Å². The lowest BCUT2D eigenvalue weighted by Gasteiger charge is -2.29. The summed E-state index contributed by atoms with van der Waals surface area (Å²) in [7, 11) is -4.46. The lowest BCUT2D eigenvalue weighted by molar-refractivity contribution is -0.121. The largest absolute Gasteiger partial charge is 0.348 e. The molecule has 0 fully saturated rings. The Hall–Kier alpha value is -3.96. The van der Waals surface area contributed by atoms with E-state index in [-0.39, 0.29) is 22.4 Å². The smallest absolute Gasteiger partial charge is 0.336 e. The molecule has 0 unspecified atom stereocenters. The molecule has 0 aromatic heterocycles. The predicted octanol–water partition coefficient (Wildman–Crippen LogP) is 1.98. The number of sulfonamides is 1. The molecule has 152 valence electrons. The highest BCUT2D eigenvalue weighted by atomic mass is 32.2. The average molecular weight is 427 g/mol. The summed E-state index contributed by atoms with van der Waals surface area (Å²) in [6.07, 6.45) is 0. The van der Waals surface area contributed by atoms with Crippen molar-refractivity contribution in [1.29, 1.82) is 10.5 Å². The Labute approximate surface area is 171 Å². The number of carbonyl (C=O) groups is 2. The third-order valence-corrected chi connectivity index (χ3v) is 6.24. The van der Waals surface area contributed by atoms with Gasteiger partial charge < -0.3 is 10.6 Å². The number of nitrogens with one attached hydrogen (secondary N) is 2. The van der Waals surface area contributed by atoms with Crippen molar-refractivity contribution in [2.45, 2.75) is 17.9 Å². The molecule has 11 heteroatoms. The van der Waals surface area contributed by atoms with Gasteiger partial charge in [0.15, 0.2) is 0 Å². The highest BCUT2D eigenvalue weighted by Gasteiger charge is 2.39. The summed E-state index contributed by atoms with van der Waals surface area (Å²) in [5.74, 6) is -1.57. The van der Waals surface area contributed by atoms with Gasteiger partial charge in [-0.1, -0.05) is 12.1 Å². The maximum atomic E-state index is 14.1. The maximum absolute atomic E-state index is 14.1. The van der Waals surface area contributed by atoms with Crippen molar-refractivity contribution in [2.24, 2.45) is 0 Å². The van der Waals surface area contributed by atoms with Crippen LogP contribution < -0.4 is 10.6 Å². The zero-order valence-corrected chi connectivity index (χ0v) is 16.3. The number of halogens is 1.